The van der Waals surface area contributed by atoms with Gasteiger partial charge in [-0.2, -0.15) is 0 Å². The first kappa shape index (κ1) is 13.7. The minimum Gasteiger partial charge on any atom is -0.366 e. The molecule has 1 saturated carbocycles. The molecule has 1 spiro atoms. The van der Waals surface area contributed by atoms with Gasteiger partial charge >= 0.3 is 0 Å². The predicted molar refractivity (Wildman–Crippen MR) is 85.7 cm³/mol. The third-order valence-corrected chi connectivity index (χ3v) is 5.17. The summed E-state index contributed by atoms with van der Waals surface area (Å²) in [7, 11) is 0. The van der Waals surface area contributed by atoms with Gasteiger partial charge in [0.15, 0.2) is 0 Å². The van der Waals surface area contributed by atoms with Crippen LogP contribution >= 0.6 is 0 Å². The Bertz CT molecular complexity index is 653. The standard InChI is InChI=1S/C20H20O2/c21-17-11-13-20(14-12-17)18(15-7-3-1-4-8-15)19(22-20)16-9-5-2-6-10-16/h1-10,18-19H,11-14H2/t18-,19-/m0/s1. The summed E-state index contributed by atoms with van der Waals surface area (Å²) < 4.78 is 6.42. The Morgan fingerprint density at radius 3 is 1.95 bits per heavy atom. The first-order chi connectivity index (χ1) is 10.8. The Morgan fingerprint density at radius 2 is 1.36 bits per heavy atom. The molecule has 0 radical (unpaired) electrons. The first-order valence-electron chi connectivity index (χ1n) is 8.08. The Labute approximate surface area is 131 Å². The largest absolute Gasteiger partial charge is 0.366 e. The molecule has 22 heavy (non-hydrogen) atoms. The molecule has 0 unspecified atom stereocenters. The lowest BCUT2D eigenvalue weighted by atomic mass is 9.64. The van der Waals surface area contributed by atoms with Gasteiger partial charge in [-0.1, -0.05) is 60.7 Å². The van der Waals surface area contributed by atoms with E-state index in [0.717, 1.165) is 12.8 Å². The van der Waals surface area contributed by atoms with Crippen LogP contribution in [0.3, 0.4) is 0 Å². The summed E-state index contributed by atoms with van der Waals surface area (Å²) in [5.41, 5.74) is 2.42. The summed E-state index contributed by atoms with van der Waals surface area (Å²) in [6.45, 7) is 0. The molecule has 2 heteroatoms. The summed E-state index contributed by atoms with van der Waals surface area (Å²) in [6.07, 6.45) is 3.14. The number of hydrogen-bond acceptors (Lipinski definition) is 2. The summed E-state index contributed by atoms with van der Waals surface area (Å²) in [6, 6.07) is 21.1. The second-order valence-corrected chi connectivity index (χ2v) is 6.44. The fraction of sp³-hybridized carbons (Fsp3) is 0.350. The Morgan fingerprint density at radius 1 is 0.818 bits per heavy atom. The topological polar surface area (TPSA) is 26.3 Å². The maximum absolute atomic E-state index is 11.6. The number of carbonyl (C=O) groups excluding carboxylic acids is 1. The molecule has 4 rings (SSSR count). The van der Waals surface area contributed by atoms with Crippen molar-refractivity contribution in [1.82, 2.24) is 0 Å². The van der Waals surface area contributed by atoms with Crippen LogP contribution in [0.15, 0.2) is 60.7 Å². The minimum absolute atomic E-state index is 0.108. The first-order valence-corrected chi connectivity index (χ1v) is 8.08. The number of Topliss-reactive ketones (excluding diaryl/α,β-unsaturated/α-hetero) is 1. The van der Waals surface area contributed by atoms with Crippen LogP contribution in [0.4, 0.5) is 0 Å². The maximum Gasteiger partial charge on any atom is 0.133 e. The molecule has 0 bridgehead atoms. The van der Waals surface area contributed by atoms with E-state index in [9.17, 15) is 4.79 Å². The quantitative estimate of drug-likeness (QED) is 0.819. The average molecular weight is 292 g/mol. The second kappa shape index (κ2) is 5.36. The van der Waals surface area contributed by atoms with E-state index in [0.29, 0.717) is 24.5 Å². The van der Waals surface area contributed by atoms with Crippen LogP contribution in [0.25, 0.3) is 0 Å². The van der Waals surface area contributed by atoms with Crippen molar-refractivity contribution >= 4 is 5.78 Å². The SMILES string of the molecule is O=C1CCC2(CC1)O[C@@H](c1ccccc1)[C@@H]2c1ccccc1. The highest BCUT2D eigenvalue weighted by Crippen LogP contribution is 2.59. The third-order valence-electron chi connectivity index (χ3n) is 5.17. The predicted octanol–water partition coefficient (Wildman–Crippen LogP) is 4.42. The van der Waals surface area contributed by atoms with Gasteiger partial charge < -0.3 is 4.74 Å². The van der Waals surface area contributed by atoms with Gasteiger partial charge in [0.25, 0.3) is 0 Å². The van der Waals surface area contributed by atoms with E-state index in [1.54, 1.807) is 0 Å². The van der Waals surface area contributed by atoms with Gasteiger partial charge in [-0.15, -0.1) is 0 Å². The summed E-state index contributed by atoms with van der Waals surface area (Å²) in [4.78, 5) is 11.6. The van der Waals surface area contributed by atoms with Crippen molar-refractivity contribution in [3.05, 3.63) is 71.8 Å². The number of ether oxygens (including phenoxy) is 1. The fourth-order valence-electron chi connectivity index (χ4n) is 4.02. The van der Waals surface area contributed by atoms with E-state index >= 15 is 0 Å². The molecular formula is C20H20O2. The van der Waals surface area contributed by atoms with E-state index < -0.39 is 0 Å². The van der Waals surface area contributed by atoms with Gasteiger partial charge in [0.1, 0.15) is 5.78 Å². The number of benzene rings is 2. The van der Waals surface area contributed by atoms with Crippen molar-refractivity contribution in [3.8, 4) is 0 Å². The highest BCUT2D eigenvalue weighted by molar-refractivity contribution is 5.79. The minimum atomic E-state index is -0.143. The van der Waals surface area contributed by atoms with Gasteiger partial charge in [-0.05, 0) is 24.0 Å². The maximum atomic E-state index is 11.6. The zero-order valence-electron chi connectivity index (χ0n) is 12.6. The fourth-order valence-corrected chi connectivity index (χ4v) is 4.02. The van der Waals surface area contributed by atoms with Crippen LogP contribution in [-0.4, -0.2) is 11.4 Å². The van der Waals surface area contributed by atoms with Crippen LogP contribution in [-0.2, 0) is 9.53 Å². The number of carbonyl (C=O) groups is 1. The van der Waals surface area contributed by atoms with Gasteiger partial charge in [0.2, 0.25) is 0 Å². The van der Waals surface area contributed by atoms with Crippen molar-refractivity contribution in [1.29, 1.82) is 0 Å². The molecule has 0 aromatic heterocycles. The van der Waals surface area contributed by atoms with Gasteiger partial charge in [0, 0.05) is 18.8 Å². The summed E-state index contributed by atoms with van der Waals surface area (Å²) in [5.74, 6) is 0.730. The van der Waals surface area contributed by atoms with Crippen LogP contribution in [0.5, 0.6) is 0 Å². The van der Waals surface area contributed by atoms with Crippen LogP contribution in [0.2, 0.25) is 0 Å². The van der Waals surface area contributed by atoms with Crippen molar-refractivity contribution in [3.63, 3.8) is 0 Å². The Kier molecular flexibility index (Phi) is 3.34. The lowest BCUT2D eigenvalue weighted by Gasteiger charge is -2.57. The van der Waals surface area contributed by atoms with E-state index in [4.69, 9.17) is 4.74 Å². The molecule has 112 valence electrons. The third kappa shape index (κ3) is 2.19. The zero-order valence-corrected chi connectivity index (χ0v) is 12.6. The van der Waals surface area contributed by atoms with E-state index in [2.05, 4.69) is 54.6 Å². The Hall–Kier alpha value is -1.93. The number of ketones is 1. The van der Waals surface area contributed by atoms with Crippen molar-refractivity contribution in [2.75, 3.05) is 0 Å². The molecular weight excluding hydrogens is 272 g/mol. The Balaban J connectivity index is 1.69. The molecule has 2 fully saturated rings. The van der Waals surface area contributed by atoms with Gasteiger partial charge in [-0.25, -0.2) is 0 Å². The molecule has 2 aliphatic rings. The van der Waals surface area contributed by atoms with E-state index in [1.807, 2.05) is 6.07 Å². The molecule has 2 nitrogen and oxygen atoms in total. The lowest BCUT2D eigenvalue weighted by molar-refractivity contribution is -0.244. The second-order valence-electron chi connectivity index (χ2n) is 6.44. The summed E-state index contributed by atoms with van der Waals surface area (Å²) >= 11 is 0. The lowest BCUT2D eigenvalue weighted by Crippen LogP contribution is -2.55. The monoisotopic (exact) mass is 292 g/mol. The number of hydrogen-bond donors (Lipinski definition) is 0. The molecule has 1 aliphatic heterocycles. The molecule has 1 saturated heterocycles. The van der Waals surface area contributed by atoms with E-state index in [1.165, 1.54) is 11.1 Å². The molecule has 1 aliphatic carbocycles. The average Bonchev–Trinajstić information content (AvgIpc) is 2.56. The van der Waals surface area contributed by atoms with E-state index in [-0.39, 0.29) is 11.7 Å². The normalized spacial score (nSPS) is 26.6. The van der Waals surface area contributed by atoms with Crippen molar-refractivity contribution in [2.45, 2.75) is 43.3 Å². The molecule has 2 atom stereocenters. The highest BCUT2D eigenvalue weighted by Gasteiger charge is 2.57. The smallest absolute Gasteiger partial charge is 0.133 e. The van der Waals surface area contributed by atoms with Crippen LogP contribution < -0.4 is 0 Å². The molecule has 2 aromatic rings. The summed E-state index contributed by atoms with van der Waals surface area (Å²) in [5, 5.41) is 0. The highest BCUT2D eigenvalue weighted by atomic mass is 16.5. The van der Waals surface area contributed by atoms with Crippen LogP contribution in [0, 0.1) is 0 Å². The molecule has 1 heterocycles. The number of rotatable bonds is 2. The van der Waals surface area contributed by atoms with Crippen molar-refractivity contribution < 1.29 is 9.53 Å². The van der Waals surface area contributed by atoms with Crippen molar-refractivity contribution in [2.24, 2.45) is 0 Å². The molecule has 2 aromatic carbocycles. The van der Waals surface area contributed by atoms with Gasteiger partial charge in [-0.3, -0.25) is 4.79 Å². The zero-order chi connectivity index (χ0) is 15.0. The van der Waals surface area contributed by atoms with Gasteiger partial charge in [0.05, 0.1) is 11.7 Å². The van der Waals surface area contributed by atoms with Crippen LogP contribution in [0.1, 0.15) is 48.8 Å². The molecule has 0 N–H and O–H groups in total. The molecule has 0 amide bonds.